The lowest BCUT2D eigenvalue weighted by Gasteiger charge is -2.12. The number of nitrogens with zero attached hydrogens (tertiary/aromatic N) is 1. The number of phenolic OH excluding ortho intramolecular Hbond substituents is 2. The Morgan fingerprint density at radius 3 is 2.15 bits per heavy atom. The molecule has 9 nitrogen and oxygen atoms in total. The van der Waals surface area contributed by atoms with Crippen molar-refractivity contribution in [1.82, 2.24) is 4.98 Å². The Balaban J connectivity index is 2.31. The van der Waals surface area contributed by atoms with E-state index in [-0.39, 0.29) is 35.6 Å². The molecule has 0 saturated heterocycles. The molecule has 3 N–H and O–H groups in total. The molecule has 9 heteroatoms. The third-order valence-corrected chi connectivity index (χ3v) is 3.42. The lowest BCUT2D eigenvalue weighted by atomic mass is 10.1. The smallest absolute Gasteiger partial charge is 0.342 e. The molecule has 2 aromatic rings. The highest BCUT2D eigenvalue weighted by Crippen LogP contribution is 2.29. The van der Waals surface area contributed by atoms with E-state index < -0.39 is 29.3 Å². The fourth-order valence-corrected chi connectivity index (χ4v) is 2.20. The van der Waals surface area contributed by atoms with Crippen molar-refractivity contribution >= 4 is 23.5 Å². The van der Waals surface area contributed by atoms with Crippen LogP contribution in [0.2, 0.25) is 0 Å². The van der Waals surface area contributed by atoms with E-state index in [1.807, 2.05) is 0 Å². The molecule has 27 heavy (non-hydrogen) atoms. The van der Waals surface area contributed by atoms with Gasteiger partial charge in [-0.25, -0.2) is 9.59 Å². The van der Waals surface area contributed by atoms with Crippen LogP contribution in [0, 0.1) is 0 Å². The summed E-state index contributed by atoms with van der Waals surface area (Å²) in [5.74, 6) is -3.39. The van der Waals surface area contributed by atoms with Crippen LogP contribution in [-0.2, 0) is 9.47 Å². The van der Waals surface area contributed by atoms with Crippen LogP contribution in [0.15, 0.2) is 30.6 Å². The molecule has 0 aliphatic heterocycles. The maximum atomic E-state index is 12.4. The van der Waals surface area contributed by atoms with E-state index in [1.165, 1.54) is 18.5 Å². The van der Waals surface area contributed by atoms with Gasteiger partial charge < -0.3 is 25.0 Å². The van der Waals surface area contributed by atoms with Gasteiger partial charge in [0.2, 0.25) is 0 Å². The molecule has 0 bridgehead atoms. The van der Waals surface area contributed by atoms with Crippen LogP contribution >= 0.6 is 0 Å². The van der Waals surface area contributed by atoms with Gasteiger partial charge >= 0.3 is 11.9 Å². The van der Waals surface area contributed by atoms with Crippen LogP contribution < -0.4 is 5.32 Å². The average Bonchev–Trinajstić information content (AvgIpc) is 2.64. The largest absolute Gasteiger partial charge is 0.507 e. The topological polar surface area (TPSA) is 135 Å². The van der Waals surface area contributed by atoms with Crippen molar-refractivity contribution in [2.75, 3.05) is 18.5 Å². The zero-order valence-electron chi connectivity index (χ0n) is 14.7. The van der Waals surface area contributed by atoms with Crippen molar-refractivity contribution in [1.29, 1.82) is 0 Å². The lowest BCUT2D eigenvalue weighted by molar-refractivity contribution is 0.0514. The minimum atomic E-state index is -0.839. The van der Waals surface area contributed by atoms with Gasteiger partial charge in [0.25, 0.3) is 5.91 Å². The fourth-order valence-electron chi connectivity index (χ4n) is 2.20. The average molecular weight is 374 g/mol. The molecule has 0 radical (unpaired) electrons. The molecule has 1 aromatic carbocycles. The first-order valence-corrected chi connectivity index (χ1v) is 8.04. The number of benzene rings is 1. The zero-order valence-corrected chi connectivity index (χ0v) is 14.7. The first-order valence-electron chi connectivity index (χ1n) is 8.04. The van der Waals surface area contributed by atoms with E-state index in [0.29, 0.717) is 0 Å². The van der Waals surface area contributed by atoms with Gasteiger partial charge in [0.1, 0.15) is 17.1 Å². The molecule has 1 amide bonds. The number of nitrogens with one attached hydrogen (secondary N) is 1. The summed E-state index contributed by atoms with van der Waals surface area (Å²) < 4.78 is 9.66. The standard InChI is InChI=1S/C18H18N2O7/c1-3-26-17(24)10-5-6-19-9-13(10)20-16(23)11-7-15(22)12(8-14(11)21)18(25)27-4-2/h5-9,21-22H,3-4H2,1-2H3,(H,20,23). The van der Waals surface area contributed by atoms with Crippen LogP contribution in [0.1, 0.15) is 44.9 Å². The maximum Gasteiger partial charge on any atom is 0.342 e. The predicted molar refractivity (Wildman–Crippen MR) is 93.9 cm³/mol. The molecular weight excluding hydrogens is 356 g/mol. The maximum absolute atomic E-state index is 12.4. The van der Waals surface area contributed by atoms with Gasteiger partial charge in [-0.1, -0.05) is 0 Å². The first kappa shape index (κ1) is 19.7. The van der Waals surface area contributed by atoms with E-state index in [1.54, 1.807) is 13.8 Å². The summed E-state index contributed by atoms with van der Waals surface area (Å²) in [7, 11) is 0. The minimum absolute atomic E-state index is 0.0642. The number of aromatic hydroxyl groups is 2. The Morgan fingerprint density at radius 2 is 1.52 bits per heavy atom. The summed E-state index contributed by atoms with van der Waals surface area (Å²) in [6.45, 7) is 3.46. The monoisotopic (exact) mass is 374 g/mol. The van der Waals surface area contributed by atoms with Crippen molar-refractivity contribution in [3.8, 4) is 11.5 Å². The number of esters is 2. The second-order valence-corrected chi connectivity index (χ2v) is 5.20. The molecule has 1 aromatic heterocycles. The molecule has 1 heterocycles. The Kier molecular flexibility index (Phi) is 6.32. The summed E-state index contributed by atoms with van der Waals surface area (Å²) in [5, 5.41) is 22.4. The van der Waals surface area contributed by atoms with E-state index in [4.69, 9.17) is 9.47 Å². The highest BCUT2D eigenvalue weighted by atomic mass is 16.5. The number of aromatic nitrogens is 1. The summed E-state index contributed by atoms with van der Waals surface area (Å²) in [6.07, 6.45) is 2.60. The van der Waals surface area contributed by atoms with Crippen LogP contribution in [0.5, 0.6) is 11.5 Å². The van der Waals surface area contributed by atoms with Crippen LogP contribution in [-0.4, -0.2) is 46.3 Å². The number of carbonyl (C=O) groups is 3. The van der Waals surface area contributed by atoms with Crippen molar-refractivity contribution < 1.29 is 34.1 Å². The van der Waals surface area contributed by atoms with Crippen molar-refractivity contribution in [3.63, 3.8) is 0 Å². The Hall–Kier alpha value is -3.62. The molecule has 0 fully saturated rings. The second-order valence-electron chi connectivity index (χ2n) is 5.20. The van der Waals surface area contributed by atoms with Gasteiger partial charge in [-0.3, -0.25) is 9.78 Å². The Morgan fingerprint density at radius 1 is 0.963 bits per heavy atom. The number of carbonyl (C=O) groups excluding carboxylic acids is 3. The highest BCUT2D eigenvalue weighted by molar-refractivity contribution is 6.10. The van der Waals surface area contributed by atoms with Crippen molar-refractivity contribution in [3.05, 3.63) is 47.3 Å². The summed E-state index contributed by atoms with van der Waals surface area (Å²) in [6, 6.07) is 3.23. The Labute approximate surface area is 154 Å². The molecule has 0 atom stereocenters. The fraction of sp³-hybridized carbons (Fsp3) is 0.222. The number of ether oxygens (including phenoxy) is 2. The second kappa shape index (κ2) is 8.65. The third kappa shape index (κ3) is 4.51. The zero-order chi connectivity index (χ0) is 20.0. The van der Waals surface area contributed by atoms with E-state index in [0.717, 1.165) is 12.1 Å². The van der Waals surface area contributed by atoms with Gasteiger partial charge in [0.05, 0.1) is 36.2 Å². The molecule has 0 aliphatic rings. The van der Waals surface area contributed by atoms with Crippen LogP contribution in [0.3, 0.4) is 0 Å². The molecule has 142 valence electrons. The lowest BCUT2D eigenvalue weighted by Crippen LogP contribution is -2.17. The van der Waals surface area contributed by atoms with Crippen molar-refractivity contribution in [2.24, 2.45) is 0 Å². The molecule has 0 spiro atoms. The molecule has 0 unspecified atom stereocenters. The van der Waals surface area contributed by atoms with Gasteiger partial charge in [-0.05, 0) is 32.0 Å². The minimum Gasteiger partial charge on any atom is -0.507 e. The van der Waals surface area contributed by atoms with Crippen LogP contribution in [0.4, 0.5) is 5.69 Å². The summed E-state index contributed by atoms with van der Waals surface area (Å²) >= 11 is 0. The first-order chi connectivity index (χ1) is 12.9. The van der Waals surface area contributed by atoms with E-state index in [9.17, 15) is 24.6 Å². The van der Waals surface area contributed by atoms with Crippen molar-refractivity contribution in [2.45, 2.75) is 13.8 Å². The number of rotatable bonds is 6. The quantitative estimate of drug-likeness (QED) is 0.517. The van der Waals surface area contributed by atoms with Crippen LogP contribution in [0.25, 0.3) is 0 Å². The third-order valence-electron chi connectivity index (χ3n) is 3.42. The SMILES string of the molecule is CCOC(=O)c1cc(O)c(C(=O)Nc2cnccc2C(=O)OCC)cc1O. The number of pyridine rings is 1. The number of phenols is 2. The summed E-state index contributed by atoms with van der Waals surface area (Å²) in [4.78, 5) is 39.9. The molecule has 0 aliphatic carbocycles. The molecule has 0 saturated carbocycles. The normalized spacial score (nSPS) is 10.1. The Bertz CT molecular complexity index is 880. The van der Waals surface area contributed by atoms with Gasteiger partial charge in [0.15, 0.2) is 0 Å². The predicted octanol–water partition coefficient (Wildman–Crippen LogP) is 2.10. The number of amides is 1. The van der Waals surface area contributed by atoms with E-state index in [2.05, 4.69) is 10.3 Å². The van der Waals surface area contributed by atoms with E-state index >= 15 is 0 Å². The van der Waals surface area contributed by atoms with Gasteiger partial charge in [0, 0.05) is 6.20 Å². The molecular formula is C18H18N2O7. The van der Waals surface area contributed by atoms with Gasteiger partial charge in [-0.15, -0.1) is 0 Å². The number of hydrogen-bond acceptors (Lipinski definition) is 8. The number of anilines is 1. The number of hydrogen-bond donors (Lipinski definition) is 3. The van der Waals surface area contributed by atoms with Gasteiger partial charge in [-0.2, -0.15) is 0 Å². The highest BCUT2D eigenvalue weighted by Gasteiger charge is 2.21. The molecule has 2 rings (SSSR count). The summed E-state index contributed by atoms with van der Waals surface area (Å²) in [5.41, 5.74) is -0.444.